The molecule has 1 unspecified atom stereocenters. The zero-order valence-corrected chi connectivity index (χ0v) is 11.7. The minimum absolute atomic E-state index is 0.239. The van der Waals surface area contributed by atoms with Gasteiger partial charge in [0.25, 0.3) is 0 Å². The van der Waals surface area contributed by atoms with Crippen molar-refractivity contribution in [3.05, 3.63) is 12.2 Å². The standard InChI is InChI=1S/C15H27F3/c1-3-5-6-7-8-9-10-11-13-14(12-4-2)15(16,17)18/h4,12,14H,3,5-11,13H2,1-2H3/b12-4+. The van der Waals surface area contributed by atoms with Crippen LogP contribution in [-0.4, -0.2) is 6.18 Å². The lowest BCUT2D eigenvalue weighted by molar-refractivity contribution is -0.162. The van der Waals surface area contributed by atoms with Crippen LogP contribution in [0.15, 0.2) is 12.2 Å². The van der Waals surface area contributed by atoms with Gasteiger partial charge < -0.3 is 0 Å². The second-order valence-electron chi connectivity index (χ2n) is 4.94. The maximum absolute atomic E-state index is 12.6. The zero-order chi connectivity index (χ0) is 13.9. The molecule has 108 valence electrons. The van der Waals surface area contributed by atoms with Crippen LogP contribution in [0.3, 0.4) is 0 Å². The number of rotatable bonds is 10. The van der Waals surface area contributed by atoms with Gasteiger partial charge in [-0.1, -0.05) is 70.4 Å². The van der Waals surface area contributed by atoms with E-state index >= 15 is 0 Å². The van der Waals surface area contributed by atoms with Crippen LogP contribution >= 0.6 is 0 Å². The van der Waals surface area contributed by atoms with Gasteiger partial charge in [-0.25, -0.2) is 0 Å². The predicted molar refractivity (Wildman–Crippen MR) is 71.6 cm³/mol. The third kappa shape index (κ3) is 9.55. The molecule has 0 aromatic heterocycles. The van der Waals surface area contributed by atoms with Crippen LogP contribution in [0.2, 0.25) is 0 Å². The molecule has 0 heterocycles. The Morgan fingerprint density at radius 1 is 0.889 bits per heavy atom. The van der Waals surface area contributed by atoms with Crippen molar-refractivity contribution in [1.82, 2.24) is 0 Å². The molecule has 18 heavy (non-hydrogen) atoms. The van der Waals surface area contributed by atoms with E-state index in [1.807, 2.05) is 0 Å². The molecule has 0 saturated carbocycles. The molecule has 0 nitrogen and oxygen atoms in total. The van der Waals surface area contributed by atoms with Gasteiger partial charge in [0.15, 0.2) is 0 Å². The Labute approximate surface area is 110 Å². The smallest absolute Gasteiger partial charge is 0.170 e. The molecule has 0 aromatic rings. The van der Waals surface area contributed by atoms with Gasteiger partial charge in [0.2, 0.25) is 0 Å². The van der Waals surface area contributed by atoms with Crippen LogP contribution < -0.4 is 0 Å². The van der Waals surface area contributed by atoms with E-state index in [0.717, 1.165) is 12.8 Å². The summed E-state index contributed by atoms with van der Waals surface area (Å²) in [5.41, 5.74) is 0. The summed E-state index contributed by atoms with van der Waals surface area (Å²) in [6, 6.07) is 0. The van der Waals surface area contributed by atoms with Crippen molar-refractivity contribution in [1.29, 1.82) is 0 Å². The number of hydrogen-bond acceptors (Lipinski definition) is 0. The summed E-state index contributed by atoms with van der Waals surface area (Å²) in [6.07, 6.45) is 7.79. The summed E-state index contributed by atoms with van der Waals surface area (Å²) >= 11 is 0. The molecule has 0 aromatic carbocycles. The Morgan fingerprint density at radius 3 is 1.83 bits per heavy atom. The lowest BCUT2D eigenvalue weighted by atomic mass is 9.99. The molecular weight excluding hydrogens is 237 g/mol. The highest BCUT2D eigenvalue weighted by Crippen LogP contribution is 2.31. The Hall–Kier alpha value is -0.470. The van der Waals surface area contributed by atoms with Crippen molar-refractivity contribution >= 4 is 0 Å². The van der Waals surface area contributed by atoms with Gasteiger partial charge in [-0.3, -0.25) is 0 Å². The average molecular weight is 264 g/mol. The van der Waals surface area contributed by atoms with Crippen molar-refractivity contribution < 1.29 is 13.2 Å². The molecular formula is C15H27F3. The van der Waals surface area contributed by atoms with Crippen LogP contribution in [0.4, 0.5) is 13.2 Å². The van der Waals surface area contributed by atoms with E-state index < -0.39 is 12.1 Å². The van der Waals surface area contributed by atoms with Gasteiger partial charge >= 0.3 is 6.18 Å². The van der Waals surface area contributed by atoms with Crippen LogP contribution in [0.25, 0.3) is 0 Å². The molecule has 0 rings (SSSR count). The fraction of sp³-hybridized carbons (Fsp3) is 0.867. The molecule has 0 fully saturated rings. The van der Waals surface area contributed by atoms with Crippen LogP contribution in [0.5, 0.6) is 0 Å². The highest BCUT2D eigenvalue weighted by atomic mass is 19.4. The Balaban J connectivity index is 3.56. The molecule has 0 N–H and O–H groups in total. The molecule has 0 bridgehead atoms. The number of hydrogen-bond donors (Lipinski definition) is 0. The Morgan fingerprint density at radius 2 is 1.39 bits per heavy atom. The average Bonchev–Trinajstić information content (AvgIpc) is 2.30. The van der Waals surface area contributed by atoms with Gasteiger partial charge in [0, 0.05) is 0 Å². The normalized spacial score (nSPS) is 14.3. The molecule has 0 amide bonds. The second-order valence-corrected chi connectivity index (χ2v) is 4.94. The maximum atomic E-state index is 12.6. The topological polar surface area (TPSA) is 0 Å². The molecule has 0 aliphatic rings. The van der Waals surface area contributed by atoms with Gasteiger partial charge in [0.05, 0.1) is 5.92 Å². The largest absolute Gasteiger partial charge is 0.395 e. The third-order valence-electron chi connectivity index (χ3n) is 3.21. The first-order valence-corrected chi connectivity index (χ1v) is 7.21. The molecule has 0 radical (unpaired) electrons. The fourth-order valence-electron chi connectivity index (χ4n) is 2.10. The lowest BCUT2D eigenvalue weighted by Gasteiger charge is -2.16. The molecule has 0 aliphatic carbocycles. The van der Waals surface area contributed by atoms with E-state index in [1.54, 1.807) is 6.92 Å². The molecule has 0 spiro atoms. The summed E-state index contributed by atoms with van der Waals surface area (Å²) < 4.78 is 37.7. The summed E-state index contributed by atoms with van der Waals surface area (Å²) in [6.45, 7) is 3.82. The molecule has 0 aliphatic heterocycles. The summed E-state index contributed by atoms with van der Waals surface area (Å²) in [4.78, 5) is 0. The van der Waals surface area contributed by atoms with Gasteiger partial charge in [0.1, 0.15) is 0 Å². The monoisotopic (exact) mass is 264 g/mol. The minimum atomic E-state index is -4.08. The minimum Gasteiger partial charge on any atom is -0.170 e. The van der Waals surface area contributed by atoms with E-state index in [4.69, 9.17) is 0 Å². The van der Waals surface area contributed by atoms with E-state index in [1.165, 1.54) is 44.3 Å². The maximum Gasteiger partial charge on any atom is 0.395 e. The van der Waals surface area contributed by atoms with Gasteiger partial charge in [-0.05, 0) is 13.3 Å². The van der Waals surface area contributed by atoms with Crippen LogP contribution in [0, 0.1) is 5.92 Å². The molecule has 3 heteroatoms. The quantitative estimate of drug-likeness (QED) is 0.322. The van der Waals surface area contributed by atoms with Crippen molar-refractivity contribution in [2.75, 3.05) is 0 Å². The van der Waals surface area contributed by atoms with Crippen LogP contribution in [0.1, 0.15) is 71.6 Å². The van der Waals surface area contributed by atoms with Crippen molar-refractivity contribution in [3.63, 3.8) is 0 Å². The molecule has 0 saturated heterocycles. The first kappa shape index (κ1) is 17.5. The summed E-state index contributed by atoms with van der Waals surface area (Å²) in [5, 5.41) is 0. The third-order valence-corrected chi connectivity index (χ3v) is 3.21. The predicted octanol–water partition coefficient (Wildman–Crippen LogP) is 6.27. The second kappa shape index (κ2) is 10.5. The number of alkyl halides is 3. The van der Waals surface area contributed by atoms with Gasteiger partial charge in [-0.15, -0.1) is 0 Å². The first-order chi connectivity index (χ1) is 8.52. The zero-order valence-electron chi connectivity index (χ0n) is 11.7. The molecule has 1 atom stereocenters. The van der Waals surface area contributed by atoms with E-state index in [0.29, 0.717) is 6.42 Å². The number of halogens is 3. The number of allylic oxidation sites excluding steroid dienone is 2. The number of unbranched alkanes of at least 4 members (excludes halogenated alkanes) is 7. The Bertz CT molecular complexity index is 206. The van der Waals surface area contributed by atoms with Crippen LogP contribution in [-0.2, 0) is 0 Å². The van der Waals surface area contributed by atoms with E-state index in [9.17, 15) is 13.2 Å². The van der Waals surface area contributed by atoms with Crippen molar-refractivity contribution in [2.45, 2.75) is 77.8 Å². The summed E-state index contributed by atoms with van der Waals surface area (Å²) in [7, 11) is 0. The Kier molecular flexibility index (Phi) is 10.2. The first-order valence-electron chi connectivity index (χ1n) is 7.21. The van der Waals surface area contributed by atoms with E-state index in [2.05, 4.69) is 6.92 Å². The van der Waals surface area contributed by atoms with E-state index in [-0.39, 0.29) is 6.42 Å². The highest BCUT2D eigenvalue weighted by Gasteiger charge is 2.36. The van der Waals surface area contributed by atoms with Crippen molar-refractivity contribution in [3.8, 4) is 0 Å². The van der Waals surface area contributed by atoms with Crippen molar-refractivity contribution in [2.24, 2.45) is 5.92 Å². The summed E-state index contributed by atoms with van der Waals surface area (Å²) in [5.74, 6) is -1.25. The fourth-order valence-corrected chi connectivity index (χ4v) is 2.10. The highest BCUT2D eigenvalue weighted by molar-refractivity contribution is 4.89. The lowest BCUT2D eigenvalue weighted by Crippen LogP contribution is -2.20. The SMILES string of the molecule is C/C=C/C(CCCCCCCCCC)C(F)(F)F. The van der Waals surface area contributed by atoms with Gasteiger partial charge in [-0.2, -0.15) is 13.2 Å².